The predicted molar refractivity (Wildman–Crippen MR) is 184 cm³/mol. The van der Waals surface area contributed by atoms with Crippen LogP contribution in [0.2, 0.25) is 0 Å². The van der Waals surface area contributed by atoms with Crippen molar-refractivity contribution in [2.45, 2.75) is 43.7 Å². The van der Waals surface area contributed by atoms with Crippen LogP contribution in [-0.4, -0.2) is 33.8 Å². The van der Waals surface area contributed by atoms with Gasteiger partial charge >= 0.3 is 18.7 Å². The van der Waals surface area contributed by atoms with Crippen LogP contribution in [-0.2, 0) is 16.5 Å². The van der Waals surface area contributed by atoms with Crippen molar-refractivity contribution < 1.29 is 45.7 Å². The fraction of sp³-hybridized carbons (Fsp3) is 0.184. The minimum absolute atomic E-state index is 0.223. The number of benzene rings is 4. The molecule has 0 bridgehead atoms. The number of carbonyl (C=O) groups is 1. The van der Waals surface area contributed by atoms with Gasteiger partial charge in [-0.1, -0.05) is 52.3 Å². The maximum absolute atomic E-state index is 12.8. The number of rotatable bonds is 10. The molecular weight excluding hydrogens is 742 g/mol. The number of aliphatic carboxylic acids is 1. The SMILES string of the molecule is Cc1cc(-c2ccc(OC(F)(F)F)cc2)c2ncccc2c1C(CC(=O)O)Cc1c(CBr)cc(-c2ccc(OC(F)(F)F)cc2)c2ncccc12. The normalized spacial score (nSPS) is 12.6. The van der Waals surface area contributed by atoms with Crippen molar-refractivity contribution in [3.05, 3.63) is 120 Å². The van der Waals surface area contributed by atoms with Gasteiger partial charge < -0.3 is 14.6 Å². The number of carboxylic acid groups (broad SMARTS) is 1. The average molecular weight is 770 g/mol. The minimum Gasteiger partial charge on any atom is -0.481 e. The first kappa shape index (κ1) is 35.6. The molecule has 0 aliphatic rings. The highest BCUT2D eigenvalue weighted by Crippen LogP contribution is 2.42. The summed E-state index contributed by atoms with van der Waals surface area (Å²) >= 11 is 3.59. The van der Waals surface area contributed by atoms with E-state index in [4.69, 9.17) is 0 Å². The number of hydrogen-bond acceptors (Lipinski definition) is 5. The fourth-order valence-electron chi connectivity index (χ4n) is 6.53. The summed E-state index contributed by atoms with van der Waals surface area (Å²) in [5.74, 6) is -2.27. The Morgan fingerprint density at radius 2 is 1.25 bits per heavy atom. The molecule has 51 heavy (non-hydrogen) atoms. The zero-order chi connectivity index (χ0) is 36.5. The van der Waals surface area contributed by atoms with Gasteiger partial charge in [-0.2, -0.15) is 0 Å². The van der Waals surface area contributed by atoms with E-state index in [0.29, 0.717) is 50.4 Å². The summed E-state index contributed by atoms with van der Waals surface area (Å²) in [6.45, 7) is 1.86. The first-order valence-electron chi connectivity index (χ1n) is 15.5. The van der Waals surface area contributed by atoms with Crippen LogP contribution in [0.15, 0.2) is 97.3 Å². The number of ether oxygens (including phenoxy) is 2. The Labute approximate surface area is 295 Å². The Bertz CT molecular complexity index is 2220. The summed E-state index contributed by atoms with van der Waals surface area (Å²) in [6, 6.07) is 22.0. The molecule has 0 saturated heterocycles. The molecular formula is C38H27BrF6N2O4. The molecule has 0 spiro atoms. The van der Waals surface area contributed by atoms with Gasteiger partial charge in [0.25, 0.3) is 0 Å². The monoisotopic (exact) mass is 768 g/mol. The number of aromatic nitrogens is 2. The molecule has 2 aromatic heterocycles. The Morgan fingerprint density at radius 3 is 1.75 bits per heavy atom. The third-order valence-electron chi connectivity index (χ3n) is 8.45. The van der Waals surface area contributed by atoms with Crippen molar-refractivity contribution >= 4 is 43.7 Å². The molecule has 0 aliphatic heterocycles. The summed E-state index contributed by atoms with van der Waals surface area (Å²) in [5.41, 5.74) is 6.93. The van der Waals surface area contributed by atoms with Gasteiger partial charge in [0, 0.05) is 39.6 Å². The molecule has 0 amide bonds. The highest BCUT2D eigenvalue weighted by molar-refractivity contribution is 9.08. The molecule has 0 fully saturated rings. The molecule has 1 atom stereocenters. The average Bonchev–Trinajstić information content (AvgIpc) is 3.07. The number of fused-ring (bicyclic) bond motifs is 2. The van der Waals surface area contributed by atoms with E-state index < -0.39 is 24.6 Å². The van der Waals surface area contributed by atoms with Crippen molar-refractivity contribution in [1.82, 2.24) is 9.97 Å². The second-order valence-corrected chi connectivity index (χ2v) is 12.4. The van der Waals surface area contributed by atoms with Crippen LogP contribution in [0.4, 0.5) is 26.3 Å². The number of halogens is 7. The number of aryl methyl sites for hydroxylation is 1. The molecule has 13 heteroatoms. The van der Waals surface area contributed by atoms with Crippen LogP contribution in [0.3, 0.4) is 0 Å². The quantitative estimate of drug-likeness (QED) is 0.110. The maximum atomic E-state index is 12.8. The van der Waals surface area contributed by atoms with Crippen LogP contribution >= 0.6 is 15.9 Å². The molecule has 262 valence electrons. The van der Waals surface area contributed by atoms with E-state index >= 15 is 0 Å². The highest BCUT2D eigenvalue weighted by Gasteiger charge is 2.32. The van der Waals surface area contributed by atoms with Gasteiger partial charge in [0.15, 0.2) is 0 Å². The Morgan fingerprint density at radius 1 is 0.765 bits per heavy atom. The van der Waals surface area contributed by atoms with Crippen molar-refractivity contribution in [2.24, 2.45) is 0 Å². The highest BCUT2D eigenvalue weighted by atomic mass is 79.9. The van der Waals surface area contributed by atoms with Gasteiger partial charge in [-0.25, -0.2) is 0 Å². The van der Waals surface area contributed by atoms with E-state index in [-0.39, 0.29) is 17.9 Å². The van der Waals surface area contributed by atoms with Gasteiger partial charge in [0.05, 0.1) is 17.5 Å². The fourth-order valence-corrected chi connectivity index (χ4v) is 7.03. The zero-order valence-corrected chi connectivity index (χ0v) is 28.2. The van der Waals surface area contributed by atoms with Crippen LogP contribution in [0, 0.1) is 6.92 Å². The molecule has 0 radical (unpaired) electrons. The summed E-state index contributed by atoms with van der Waals surface area (Å²) in [4.78, 5) is 21.6. The lowest BCUT2D eigenvalue weighted by atomic mass is 9.80. The summed E-state index contributed by atoms with van der Waals surface area (Å²) in [6.07, 6.45) is -6.37. The minimum atomic E-state index is -4.83. The Balaban J connectivity index is 1.45. The molecule has 6 rings (SSSR count). The first-order valence-corrected chi connectivity index (χ1v) is 16.6. The lowest BCUT2D eigenvalue weighted by molar-refractivity contribution is -0.275. The smallest absolute Gasteiger partial charge is 0.481 e. The second-order valence-electron chi connectivity index (χ2n) is 11.8. The van der Waals surface area contributed by atoms with Gasteiger partial charge in [0.1, 0.15) is 11.5 Å². The van der Waals surface area contributed by atoms with E-state index in [2.05, 4.69) is 35.4 Å². The van der Waals surface area contributed by atoms with E-state index in [9.17, 15) is 36.2 Å². The molecule has 4 aromatic carbocycles. The topological polar surface area (TPSA) is 81.5 Å². The van der Waals surface area contributed by atoms with Gasteiger partial charge in [-0.05, 0) is 101 Å². The van der Waals surface area contributed by atoms with Crippen LogP contribution in [0.25, 0.3) is 44.1 Å². The first-order chi connectivity index (χ1) is 24.2. The zero-order valence-electron chi connectivity index (χ0n) is 26.6. The lowest BCUT2D eigenvalue weighted by Crippen LogP contribution is -2.17. The molecule has 1 unspecified atom stereocenters. The van der Waals surface area contributed by atoms with Crippen molar-refractivity contribution in [1.29, 1.82) is 0 Å². The van der Waals surface area contributed by atoms with Gasteiger partial charge in [0.2, 0.25) is 0 Å². The molecule has 1 N–H and O–H groups in total. The van der Waals surface area contributed by atoms with Gasteiger partial charge in [-0.3, -0.25) is 14.8 Å². The third kappa shape index (κ3) is 8.09. The summed E-state index contributed by atoms with van der Waals surface area (Å²) in [7, 11) is 0. The van der Waals surface area contributed by atoms with Crippen LogP contribution < -0.4 is 9.47 Å². The standard InChI is InChI=1S/C38H27BrF6N2O4/c1-21-16-31(22-6-10-26(11-7-22)50-37(40,41)42)36-29(5-3-15-47-36)34(21)24(19-33(48)49)17-30-25(20-39)18-32(35-28(30)4-2-14-46-35)23-8-12-27(13-9-23)51-38(43,44)45/h2-16,18,24H,17,19-20H2,1H3,(H,48,49). The summed E-state index contributed by atoms with van der Waals surface area (Å²) < 4.78 is 84.7. The molecule has 6 nitrogen and oxygen atoms in total. The summed E-state index contributed by atoms with van der Waals surface area (Å²) in [5, 5.41) is 12.0. The molecule has 6 aromatic rings. The number of nitrogens with zero attached hydrogens (tertiary/aromatic N) is 2. The molecule has 0 aliphatic carbocycles. The number of alkyl halides is 7. The van der Waals surface area contributed by atoms with Crippen molar-refractivity contribution in [3.8, 4) is 33.8 Å². The van der Waals surface area contributed by atoms with Gasteiger partial charge in [-0.15, -0.1) is 26.3 Å². The van der Waals surface area contributed by atoms with E-state index in [1.807, 2.05) is 31.2 Å². The maximum Gasteiger partial charge on any atom is 0.573 e. The van der Waals surface area contributed by atoms with Crippen LogP contribution in [0.1, 0.15) is 34.6 Å². The number of pyridine rings is 2. The molecule has 0 saturated carbocycles. The number of carboxylic acids is 1. The molecule has 2 heterocycles. The van der Waals surface area contributed by atoms with Crippen molar-refractivity contribution in [2.75, 3.05) is 0 Å². The second kappa shape index (κ2) is 14.2. The Hall–Kier alpha value is -5.17. The van der Waals surface area contributed by atoms with E-state index in [1.54, 1.807) is 24.5 Å². The predicted octanol–water partition coefficient (Wildman–Crippen LogP) is 10.9. The number of hydrogen-bond donors (Lipinski definition) is 1. The van der Waals surface area contributed by atoms with Crippen LogP contribution in [0.5, 0.6) is 11.5 Å². The van der Waals surface area contributed by atoms with Crippen molar-refractivity contribution in [3.63, 3.8) is 0 Å². The largest absolute Gasteiger partial charge is 0.573 e. The van der Waals surface area contributed by atoms with E-state index in [0.717, 1.165) is 27.6 Å². The lowest BCUT2D eigenvalue weighted by Gasteiger charge is -2.24. The Kier molecular flexibility index (Phi) is 9.94. The van der Waals surface area contributed by atoms with E-state index in [1.165, 1.54) is 48.5 Å². The third-order valence-corrected chi connectivity index (χ3v) is 9.06.